The van der Waals surface area contributed by atoms with E-state index in [0.717, 1.165) is 59.8 Å². The van der Waals surface area contributed by atoms with Gasteiger partial charge < -0.3 is 14.2 Å². The number of rotatable bonds is 3. The van der Waals surface area contributed by atoms with Crippen LogP contribution in [0.5, 0.6) is 0 Å². The lowest BCUT2D eigenvalue weighted by molar-refractivity contribution is 0.0999. The van der Waals surface area contributed by atoms with Gasteiger partial charge in [0.25, 0.3) is 5.91 Å². The molecule has 0 aliphatic carbocycles. The number of pyridine rings is 1. The van der Waals surface area contributed by atoms with Crippen LogP contribution in [-0.2, 0) is 5.75 Å². The number of fused-ring (bicyclic) bond motifs is 1. The Morgan fingerprint density at radius 1 is 1.06 bits per heavy atom. The lowest BCUT2D eigenvalue weighted by Gasteiger charge is -2.33. The van der Waals surface area contributed by atoms with Gasteiger partial charge in [0, 0.05) is 43.0 Å². The first-order valence-electron chi connectivity index (χ1n) is 10.8. The van der Waals surface area contributed by atoms with Crippen LogP contribution < -0.4 is 9.80 Å². The average molecular weight is 429 g/mol. The van der Waals surface area contributed by atoms with Gasteiger partial charge in [-0.25, -0.2) is 4.98 Å². The van der Waals surface area contributed by atoms with Crippen molar-refractivity contribution in [2.75, 3.05) is 29.9 Å². The fourth-order valence-corrected chi connectivity index (χ4v) is 5.39. The van der Waals surface area contributed by atoms with E-state index in [0.29, 0.717) is 5.92 Å². The second-order valence-electron chi connectivity index (χ2n) is 8.59. The molecule has 0 N–H and O–H groups in total. The van der Waals surface area contributed by atoms with Crippen LogP contribution in [0, 0.1) is 0 Å². The number of benzene rings is 2. The molecule has 0 spiro atoms. The molecule has 1 saturated heterocycles. The first-order valence-corrected chi connectivity index (χ1v) is 11.4. The standard InChI is InChI=1S/C25H24N4OS/c1-27-21-7-6-18(19-3-2-4-20(24(19)21)25(27)30)17-9-11-28(12-10-17)23-14-29-13-16(15-31)5-8-22(29)26-23/h2-8,13-14,17,31H,9-12,15H2,1H3. The predicted octanol–water partition coefficient (Wildman–Crippen LogP) is 4.89. The molecule has 1 fully saturated rings. The van der Waals surface area contributed by atoms with Crippen molar-refractivity contribution >= 4 is 46.5 Å². The molecule has 2 aromatic carbocycles. The van der Waals surface area contributed by atoms with Gasteiger partial charge in [-0.05, 0) is 53.5 Å². The summed E-state index contributed by atoms with van der Waals surface area (Å²) in [5.41, 5.74) is 5.40. The number of carbonyl (C=O) groups excluding carboxylic acids is 1. The maximum absolute atomic E-state index is 12.6. The smallest absolute Gasteiger partial charge is 0.258 e. The van der Waals surface area contributed by atoms with E-state index in [1.165, 1.54) is 16.5 Å². The van der Waals surface area contributed by atoms with Gasteiger partial charge in [-0.2, -0.15) is 12.6 Å². The molecule has 0 radical (unpaired) electrons. The van der Waals surface area contributed by atoms with E-state index < -0.39 is 0 Å². The third-order valence-electron chi connectivity index (χ3n) is 6.89. The van der Waals surface area contributed by atoms with Gasteiger partial charge >= 0.3 is 0 Å². The van der Waals surface area contributed by atoms with Gasteiger partial charge in [-0.15, -0.1) is 0 Å². The summed E-state index contributed by atoms with van der Waals surface area (Å²) < 4.78 is 2.10. The summed E-state index contributed by atoms with van der Waals surface area (Å²) in [5.74, 6) is 2.36. The van der Waals surface area contributed by atoms with E-state index in [-0.39, 0.29) is 5.91 Å². The zero-order chi connectivity index (χ0) is 21.1. The number of aromatic nitrogens is 2. The Morgan fingerprint density at radius 3 is 2.71 bits per heavy atom. The minimum Gasteiger partial charge on any atom is -0.355 e. The molecule has 6 rings (SSSR count). The molecule has 31 heavy (non-hydrogen) atoms. The van der Waals surface area contributed by atoms with Crippen LogP contribution in [0.25, 0.3) is 16.4 Å². The Bertz CT molecular complexity index is 1340. The highest BCUT2D eigenvalue weighted by atomic mass is 32.1. The number of nitrogens with zero attached hydrogens (tertiary/aromatic N) is 4. The average Bonchev–Trinajstić information content (AvgIpc) is 3.35. The number of thiol groups is 1. The maximum Gasteiger partial charge on any atom is 0.258 e. The van der Waals surface area contributed by atoms with Crippen molar-refractivity contribution < 1.29 is 4.79 Å². The van der Waals surface area contributed by atoms with Crippen molar-refractivity contribution in [2.45, 2.75) is 24.5 Å². The Hall–Kier alpha value is -2.99. The molecular formula is C25H24N4OS. The molecule has 0 unspecified atom stereocenters. The van der Waals surface area contributed by atoms with Crippen LogP contribution >= 0.6 is 12.6 Å². The van der Waals surface area contributed by atoms with E-state index >= 15 is 0 Å². The third kappa shape index (κ3) is 2.85. The van der Waals surface area contributed by atoms with E-state index in [2.05, 4.69) is 64.7 Å². The molecule has 2 aromatic heterocycles. The molecular weight excluding hydrogens is 404 g/mol. The molecule has 2 aliphatic heterocycles. The Labute approximate surface area is 186 Å². The van der Waals surface area contributed by atoms with Crippen molar-refractivity contribution in [1.82, 2.24) is 9.38 Å². The van der Waals surface area contributed by atoms with E-state index in [1.54, 1.807) is 4.90 Å². The maximum atomic E-state index is 12.6. The van der Waals surface area contributed by atoms with Gasteiger partial charge in [-0.3, -0.25) is 4.79 Å². The van der Waals surface area contributed by atoms with Gasteiger partial charge in [0.2, 0.25) is 0 Å². The van der Waals surface area contributed by atoms with Crippen molar-refractivity contribution in [3.8, 4) is 0 Å². The fourth-order valence-electron chi connectivity index (χ4n) is 5.20. The largest absolute Gasteiger partial charge is 0.355 e. The first kappa shape index (κ1) is 18.8. The highest BCUT2D eigenvalue weighted by molar-refractivity contribution is 7.79. The summed E-state index contributed by atoms with van der Waals surface area (Å²) in [7, 11) is 1.86. The van der Waals surface area contributed by atoms with E-state index in [4.69, 9.17) is 4.98 Å². The topological polar surface area (TPSA) is 40.9 Å². The molecule has 0 saturated carbocycles. The Kier molecular flexibility index (Phi) is 4.25. The highest BCUT2D eigenvalue weighted by Gasteiger charge is 2.30. The number of hydrogen-bond acceptors (Lipinski definition) is 4. The Balaban J connectivity index is 1.28. The molecule has 2 aliphatic rings. The van der Waals surface area contributed by atoms with Gasteiger partial charge in [-0.1, -0.05) is 24.3 Å². The molecule has 0 atom stereocenters. The van der Waals surface area contributed by atoms with E-state index in [9.17, 15) is 4.79 Å². The molecule has 4 heterocycles. The molecule has 0 bridgehead atoms. The van der Waals surface area contributed by atoms with Crippen LogP contribution in [0.4, 0.5) is 11.5 Å². The molecule has 5 nitrogen and oxygen atoms in total. The van der Waals surface area contributed by atoms with Crippen LogP contribution in [0.1, 0.15) is 40.2 Å². The SMILES string of the molecule is CN1C(=O)c2cccc3c(C4CCN(c5cn6cc(CS)ccc6n5)CC4)ccc1c23. The summed E-state index contributed by atoms with van der Waals surface area (Å²) in [6.45, 7) is 1.96. The second kappa shape index (κ2) is 7.02. The summed E-state index contributed by atoms with van der Waals surface area (Å²) in [6, 6.07) is 14.7. The second-order valence-corrected chi connectivity index (χ2v) is 8.90. The highest BCUT2D eigenvalue weighted by Crippen LogP contribution is 2.42. The molecule has 1 amide bonds. The van der Waals surface area contributed by atoms with Crippen LogP contribution in [-0.4, -0.2) is 35.4 Å². The van der Waals surface area contributed by atoms with Crippen molar-refractivity contribution in [3.05, 3.63) is 71.5 Å². The van der Waals surface area contributed by atoms with Gasteiger partial charge in [0.05, 0.1) is 11.9 Å². The van der Waals surface area contributed by atoms with Crippen molar-refractivity contribution in [3.63, 3.8) is 0 Å². The van der Waals surface area contributed by atoms with Crippen LogP contribution in [0.15, 0.2) is 54.9 Å². The summed E-state index contributed by atoms with van der Waals surface area (Å²) in [5, 5.41) is 2.36. The van der Waals surface area contributed by atoms with Crippen LogP contribution in [0.2, 0.25) is 0 Å². The normalized spacial score (nSPS) is 16.8. The van der Waals surface area contributed by atoms with E-state index in [1.807, 2.05) is 19.2 Å². The van der Waals surface area contributed by atoms with Crippen molar-refractivity contribution in [2.24, 2.45) is 0 Å². The predicted molar refractivity (Wildman–Crippen MR) is 129 cm³/mol. The van der Waals surface area contributed by atoms with Crippen molar-refractivity contribution in [1.29, 1.82) is 0 Å². The number of anilines is 2. The number of hydrogen-bond donors (Lipinski definition) is 1. The minimum atomic E-state index is 0.0977. The molecule has 156 valence electrons. The quantitative estimate of drug-likeness (QED) is 0.472. The lowest BCUT2D eigenvalue weighted by atomic mass is 9.85. The zero-order valence-corrected chi connectivity index (χ0v) is 18.3. The Morgan fingerprint density at radius 2 is 1.90 bits per heavy atom. The first-order chi connectivity index (χ1) is 15.1. The van der Waals surface area contributed by atoms with Gasteiger partial charge in [0.1, 0.15) is 11.5 Å². The number of piperidine rings is 1. The minimum absolute atomic E-state index is 0.0977. The third-order valence-corrected chi connectivity index (χ3v) is 7.25. The molecule has 6 heteroatoms. The zero-order valence-electron chi connectivity index (χ0n) is 17.5. The number of imidazole rings is 1. The van der Waals surface area contributed by atoms with Crippen LogP contribution in [0.3, 0.4) is 0 Å². The lowest BCUT2D eigenvalue weighted by Crippen LogP contribution is -2.33. The summed E-state index contributed by atoms with van der Waals surface area (Å²) in [6.07, 6.45) is 6.40. The monoisotopic (exact) mass is 428 g/mol. The summed E-state index contributed by atoms with van der Waals surface area (Å²) >= 11 is 4.37. The number of amides is 1. The number of carbonyl (C=O) groups is 1. The van der Waals surface area contributed by atoms with Gasteiger partial charge in [0.15, 0.2) is 0 Å². The molecule has 4 aromatic rings. The summed E-state index contributed by atoms with van der Waals surface area (Å²) in [4.78, 5) is 21.6. The fraction of sp³-hybridized carbons (Fsp3) is 0.280.